The van der Waals surface area contributed by atoms with Crippen LogP contribution in [0.3, 0.4) is 0 Å². The molecule has 184 valence electrons. The van der Waals surface area contributed by atoms with Gasteiger partial charge in [-0.15, -0.1) is 0 Å². The average Bonchev–Trinajstić information content (AvgIpc) is 2.86. The molecule has 4 aromatic carbocycles. The molecule has 1 N–H and O–H groups in total. The molecule has 36 heavy (non-hydrogen) atoms. The van der Waals surface area contributed by atoms with Gasteiger partial charge in [-0.2, -0.15) is 0 Å². The minimum Gasteiger partial charge on any atom is -0.455 e. The molecule has 6 nitrogen and oxygen atoms in total. The molecule has 1 amide bonds. The average molecular weight is 501 g/mol. The van der Waals surface area contributed by atoms with E-state index in [2.05, 4.69) is 5.32 Å². The summed E-state index contributed by atoms with van der Waals surface area (Å²) in [5, 5.41) is 2.91. The van der Waals surface area contributed by atoms with Crippen molar-refractivity contribution in [1.82, 2.24) is 0 Å². The van der Waals surface area contributed by atoms with E-state index in [1.165, 1.54) is 10.6 Å². The highest BCUT2D eigenvalue weighted by atomic mass is 32.2. The molecule has 0 radical (unpaired) electrons. The summed E-state index contributed by atoms with van der Waals surface area (Å²) in [4.78, 5) is 13.1. The highest BCUT2D eigenvalue weighted by molar-refractivity contribution is 7.92. The molecule has 0 unspecified atom stereocenters. The first kappa shape index (κ1) is 25.0. The van der Waals surface area contributed by atoms with Crippen LogP contribution in [0, 0.1) is 13.8 Å². The highest BCUT2D eigenvalue weighted by Crippen LogP contribution is 2.30. The number of carbonyl (C=O) groups excluding carboxylic acids is 1. The zero-order valence-corrected chi connectivity index (χ0v) is 21.2. The van der Waals surface area contributed by atoms with Crippen LogP contribution in [0.4, 0.5) is 11.4 Å². The number of nitrogens with zero attached hydrogens (tertiary/aromatic N) is 1. The molecule has 4 rings (SSSR count). The molecule has 0 atom stereocenters. The number of para-hydroxylation sites is 3. The van der Waals surface area contributed by atoms with Crippen molar-refractivity contribution in [2.24, 2.45) is 0 Å². The smallest absolute Gasteiger partial charge is 0.255 e. The molecule has 7 heteroatoms. The van der Waals surface area contributed by atoms with Crippen LogP contribution < -0.4 is 14.4 Å². The maximum atomic E-state index is 13.1. The van der Waals surface area contributed by atoms with Crippen molar-refractivity contribution in [2.45, 2.75) is 20.4 Å². The minimum atomic E-state index is -3.55. The second-order valence-corrected chi connectivity index (χ2v) is 10.5. The SMILES string of the molecule is Cc1ccc(N(Cc2cccc(C(=O)Nc3ccccc3Oc3ccccc3)c2)S(C)(=O)=O)cc1C. The third kappa shape index (κ3) is 6.12. The summed E-state index contributed by atoms with van der Waals surface area (Å²) in [6.45, 7) is 4.04. The highest BCUT2D eigenvalue weighted by Gasteiger charge is 2.19. The van der Waals surface area contributed by atoms with Gasteiger partial charge in [-0.1, -0.05) is 48.5 Å². The molecule has 0 aliphatic heterocycles. The first-order valence-electron chi connectivity index (χ1n) is 11.5. The van der Waals surface area contributed by atoms with Crippen LogP contribution in [0.1, 0.15) is 27.0 Å². The van der Waals surface area contributed by atoms with Crippen molar-refractivity contribution >= 4 is 27.3 Å². The molecule has 0 bridgehead atoms. The van der Waals surface area contributed by atoms with Crippen LogP contribution >= 0.6 is 0 Å². The predicted molar refractivity (Wildman–Crippen MR) is 144 cm³/mol. The minimum absolute atomic E-state index is 0.107. The molecule has 0 aliphatic carbocycles. The monoisotopic (exact) mass is 500 g/mol. The number of aryl methyl sites for hydroxylation is 2. The Labute approximate surface area is 212 Å². The molecule has 0 spiro atoms. The molecule has 0 heterocycles. The normalized spacial score (nSPS) is 11.1. The summed E-state index contributed by atoms with van der Waals surface area (Å²) in [5.41, 5.74) is 4.32. The lowest BCUT2D eigenvalue weighted by atomic mass is 10.1. The Hall–Kier alpha value is -4.10. The van der Waals surface area contributed by atoms with Gasteiger partial charge in [0.1, 0.15) is 5.75 Å². The standard InChI is InChI=1S/C29H28N2O4S/c1-21-16-17-25(18-22(21)2)31(36(3,33)34)20-23-10-9-11-24(19-23)29(32)30-27-14-7-8-15-28(27)35-26-12-5-4-6-13-26/h4-19H,20H2,1-3H3,(H,30,32). The first-order valence-corrected chi connectivity index (χ1v) is 13.3. The van der Waals surface area contributed by atoms with Gasteiger partial charge in [0, 0.05) is 5.56 Å². The fourth-order valence-electron chi connectivity index (χ4n) is 3.73. The second-order valence-electron chi connectivity index (χ2n) is 8.60. The van der Waals surface area contributed by atoms with Gasteiger partial charge in [0.15, 0.2) is 5.75 Å². The number of ether oxygens (including phenoxy) is 1. The van der Waals surface area contributed by atoms with E-state index in [9.17, 15) is 13.2 Å². The number of hydrogen-bond acceptors (Lipinski definition) is 4. The van der Waals surface area contributed by atoms with Gasteiger partial charge in [-0.25, -0.2) is 8.42 Å². The number of carbonyl (C=O) groups is 1. The van der Waals surface area contributed by atoms with E-state index in [1.54, 1.807) is 36.4 Å². The summed E-state index contributed by atoms with van der Waals surface area (Å²) in [7, 11) is -3.55. The molecule has 0 saturated carbocycles. The fraction of sp³-hybridized carbons (Fsp3) is 0.138. The maximum Gasteiger partial charge on any atom is 0.255 e. The Balaban J connectivity index is 1.55. The van der Waals surface area contributed by atoms with E-state index in [0.717, 1.165) is 11.1 Å². The fourth-order valence-corrected chi connectivity index (χ4v) is 4.61. The second kappa shape index (κ2) is 10.7. The van der Waals surface area contributed by atoms with Crippen LogP contribution in [-0.2, 0) is 16.6 Å². The summed E-state index contributed by atoms with van der Waals surface area (Å²) in [6, 6.07) is 29.0. The number of amides is 1. The Morgan fingerprint density at radius 3 is 2.28 bits per heavy atom. The van der Waals surface area contributed by atoms with Crippen molar-refractivity contribution in [3.63, 3.8) is 0 Å². The summed E-state index contributed by atoms with van der Waals surface area (Å²) in [5.74, 6) is 0.859. The molecule has 0 fully saturated rings. The lowest BCUT2D eigenvalue weighted by molar-refractivity contribution is 0.102. The Morgan fingerprint density at radius 2 is 1.56 bits per heavy atom. The largest absolute Gasteiger partial charge is 0.455 e. The maximum absolute atomic E-state index is 13.1. The van der Waals surface area contributed by atoms with E-state index in [0.29, 0.717) is 34.0 Å². The zero-order chi connectivity index (χ0) is 25.7. The Kier molecular flexibility index (Phi) is 7.41. The van der Waals surface area contributed by atoms with E-state index in [4.69, 9.17) is 4.74 Å². The van der Waals surface area contributed by atoms with Gasteiger partial charge < -0.3 is 10.1 Å². The number of nitrogens with one attached hydrogen (secondary N) is 1. The molecular weight excluding hydrogens is 472 g/mol. The molecular formula is C29H28N2O4S. The Bertz CT molecular complexity index is 1480. The van der Waals surface area contributed by atoms with E-state index in [-0.39, 0.29) is 12.5 Å². The zero-order valence-electron chi connectivity index (χ0n) is 20.4. The van der Waals surface area contributed by atoms with Gasteiger partial charge in [0.05, 0.1) is 24.2 Å². The van der Waals surface area contributed by atoms with Gasteiger partial charge in [0.25, 0.3) is 5.91 Å². The quantitative estimate of drug-likeness (QED) is 0.307. The molecule has 0 aromatic heterocycles. The van der Waals surface area contributed by atoms with Crippen LogP contribution in [0.5, 0.6) is 11.5 Å². The molecule has 0 aliphatic rings. The summed E-state index contributed by atoms with van der Waals surface area (Å²) in [6.07, 6.45) is 1.18. The number of benzene rings is 4. The number of rotatable bonds is 8. The first-order chi connectivity index (χ1) is 17.2. The summed E-state index contributed by atoms with van der Waals surface area (Å²) >= 11 is 0. The van der Waals surface area contributed by atoms with Crippen molar-refractivity contribution < 1.29 is 17.9 Å². The van der Waals surface area contributed by atoms with E-state index in [1.807, 2.05) is 74.5 Å². The number of anilines is 2. The van der Waals surface area contributed by atoms with Crippen LogP contribution in [0.15, 0.2) is 97.1 Å². The van der Waals surface area contributed by atoms with Crippen LogP contribution in [0.2, 0.25) is 0 Å². The van der Waals surface area contributed by atoms with Gasteiger partial charge in [0.2, 0.25) is 10.0 Å². The van der Waals surface area contributed by atoms with Crippen molar-refractivity contribution in [3.8, 4) is 11.5 Å². The molecule has 4 aromatic rings. The summed E-state index contributed by atoms with van der Waals surface area (Å²) < 4.78 is 32.5. The topological polar surface area (TPSA) is 75.7 Å². The van der Waals surface area contributed by atoms with E-state index >= 15 is 0 Å². The van der Waals surface area contributed by atoms with Crippen molar-refractivity contribution in [2.75, 3.05) is 15.9 Å². The van der Waals surface area contributed by atoms with Crippen LogP contribution in [-0.4, -0.2) is 20.6 Å². The number of hydrogen-bond donors (Lipinski definition) is 1. The Morgan fingerprint density at radius 1 is 0.833 bits per heavy atom. The van der Waals surface area contributed by atoms with Crippen molar-refractivity contribution in [1.29, 1.82) is 0 Å². The third-order valence-corrected chi connectivity index (χ3v) is 6.94. The number of sulfonamides is 1. The third-order valence-electron chi connectivity index (χ3n) is 5.80. The van der Waals surface area contributed by atoms with Crippen molar-refractivity contribution in [3.05, 3.63) is 119 Å². The van der Waals surface area contributed by atoms with Gasteiger partial charge in [-0.3, -0.25) is 9.10 Å². The van der Waals surface area contributed by atoms with E-state index < -0.39 is 10.0 Å². The van der Waals surface area contributed by atoms with Gasteiger partial charge >= 0.3 is 0 Å². The van der Waals surface area contributed by atoms with Crippen LogP contribution in [0.25, 0.3) is 0 Å². The molecule has 0 saturated heterocycles. The lowest BCUT2D eigenvalue weighted by Crippen LogP contribution is -2.29. The lowest BCUT2D eigenvalue weighted by Gasteiger charge is -2.23. The van der Waals surface area contributed by atoms with Gasteiger partial charge in [-0.05, 0) is 79.1 Å². The predicted octanol–water partition coefficient (Wildman–Crippen LogP) is 6.31.